The van der Waals surface area contributed by atoms with E-state index < -0.39 is 15.8 Å². The van der Waals surface area contributed by atoms with Gasteiger partial charge in [-0.2, -0.15) is 0 Å². The van der Waals surface area contributed by atoms with Gasteiger partial charge in [-0.25, -0.2) is 12.8 Å². The molecule has 30 heavy (non-hydrogen) atoms. The van der Waals surface area contributed by atoms with Crippen LogP contribution < -0.4 is 13.8 Å². The predicted octanol–water partition coefficient (Wildman–Crippen LogP) is 5.28. The van der Waals surface area contributed by atoms with Crippen molar-refractivity contribution in [2.75, 3.05) is 18.0 Å². The van der Waals surface area contributed by atoms with Crippen LogP contribution in [0.15, 0.2) is 71.6 Å². The molecule has 0 aliphatic rings. The van der Waals surface area contributed by atoms with E-state index in [9.17, 15) is 12.8 Å². The minimum absolute atomic E-state index is 0.0460. The number of methoxy groups -OCH3 is 1. The van der Waals surface area contributed by atoms with Gasteiger partial charge in [-0.15, -0.1) is 0 Å². The largest absolute Gasteiger partial charge is 0.497 e. The molecule has 0 aliphatic carbocycles. The van der Waals surface area contributed by atoms with E-state index in [2.05, 4.69) is 0 Å². The van der Waals surface area contributed by atoms with Crippen LogP contribution in [0.4, 0.5) is 10.1 Å². The van der Waals surface area contributed by atoms with Crippen LogP contribution in [0.3, 0.4) is 0 Å². The van der Waals surface area contributed by atoms with E-state index in [0.717, 1.165) is 4.31 Å². The summed E-state index contributed by atoms with van der Waals surface area (Å²) in [6.07, 6.45) is 0. The molecule has 0 atom stereocenters. The molecule has 5 nitrogen and oxygen atoms in total. The molecule has 0 saturated heterocycles. The maximum Gasteiger partial charge on any atom is 0.264 e. The van der Waals surface area contributed by atoms with Crippen molar-refractivity contribution in [1.82, 2.24) is 0 Å². The summed E-state index contributed by atoms with van der Waals surface area (Å²) < 4.78 is 53.0. The molecule has 3 aromatic carbocycles. The Morgan fingerprint density at radius 3 is 2.17 bits per heavy atom. The fourth-order valence-corrected chi connectivity index (χ4v) is 4.55. The molecule has 0 aliphatic heterocycles. The Morgan fingerprint density at radius 1 is 0.967 bits per heavy atom. The van der Waals surface area contributed by atoms with E-state index in [4.69, 9.17) is 21.1 Å². The van der Waals surface area contributed by atoms with Crippen LogP contribution in [0.5, 0.6) is 11.5 Å². The number of halogens is 2. The van der Waals surface area contributed by atoms with Gasteiger partial charge < -0.3 is 9.47 Å². The lowest BCUT2D eigenvalue weighted by molar-refractivity contribution is 0.340. The number of sulfonamides is 1. The number of anilines is 1. The lowest BCUT2D eigenvalue weighted by Gasteiger charge is -2.25. The molecule has 0 fully saturated rings. The third-order valence-electron chi connectivity index (χ3n) is 4.45. The van der Waals surface area contributed by atoms with E-state index in [-0.39, 0.29) is 22.0 Å². The van der Waals surface area contributed by atoms with E-state index in [1.807, 2.05) is 6.92 Å². The van der Waals surface area contributed by atoms with Gasteiger partial charge >= 0.3 is 0 Å². The van der Waals surface area contributed by atoms with Crippen molar-refractivity contribution in [2.24, 2.45) is 0 Å². The predicted molar refractivity (Wildman–Crippen MR) is 115 cm³/mol. The minimum atomic E-state index is -4.02. The van der Waals surface area contributed by atoms with Gasteiger partial charge in [0, 0.05) is 10.6 Å². The van der Waals surface area contributed by atoms with Crippen LogP contribution in [0.1, 0.15) is 12.5 Å². The van der Waals surface area contributed by atoms with Crippen LogP contribution in [0.25, 0.3) is 0 Å². The Hall–Kier alpha value is -2.77. The maximum atomic E-state index is 14.4. The summed E-state index contributed by atoms with van der Waals surface area (Å²) in [5.41, 5.74) is 0.443. The molecular weight excluding hydrogens is 429 g/mol. The fourth-order valence-electron chi connectivity index (χ4n) is 2.89. The molecule has 0 heterocycles. The van der Waals surface area contributed by atoms with Crippen LogP contribution in [0.2, 0.25) is 5.02 Å². The van der Waals surface area contributed by atoms with Gasteiger partial charge in [0.15, 0.2) is 0 Å². The number of hydrogen-bond donors (Lipinski definition) is 0. The van der Waals surface area contributed by atoms with Crippen molar-refractivity contribution in [3.63, 3.8) is 0 Å². The number of ether oxygens (including phenoxy) is 2. The first-order valence-corrected chi connectivity index (χ1v) is 11.0. The lowest BCUT2D eigenvalue weighted by Crippen LogP contribution is -2.31. The summed E-state index contributed by atoms with van der Waals surface area (Å²) in [5.74, 6) is 0.550. The normalized spacial score (nSPS) is 11.2. The Labute approximate surface area is 180 Å². The minimum Gasteiger partial charge on any atom is -0.497 e. The van der Waals surface area contributed by atoms with Gasteiger partial charge in [0.1, 0.15) is 17.3 Å². The lowest BCUT2D eigenvalue weighted by atomic mass is 10.2. The third-order valence-corrected chi connectivity index (χ3v) is 6.59. The zero-order valence-corrected chi connectivity index (χ0v) is 18.1. The molecule has 0 unspecified atom stereocenters. The van der Waals surface area contributed by atoms with Gasteiger partial charge in [-0.1, -0.05) is 17.7 Å². The quantitative estimate of drug-likeness (QED) is 0.469. The topological polar surface area (TPSA) is 55.8 Å². The number of hydrogen-bond acceptors (Lipinski definition) is 4. The number of benzene rings is 3. The molecule has 0 amide bonds. The van der Waals surface area contributed by atoms with Crippen LogP contribution in [-0.2, 0) is 16.6 Å². The summed E-state index contributed by atoms with van der Waals surface area (Å²) in [6, 6.07) is 16.8. The van der Waals surface area contributed by atoms with Crippen LogP contribution in [-0.4, -0.2) is 22.1 Å². The van der Waals surface area contributed by atoms with Crippen molar-refractivity contribution in [3.8, 4) is 11.5 Å². The van der Waals surface area contributed by atoms with E-state index in [1.165, 1.54) is 37.4 Å². The maximum absolute atomic E-state index is 14.4. The summed E-state index contributed by atoms with van der Waals surface area (Å²) in [6.45, 7) is 2.07. The molecule has 158 valence electrons. The van der Waals surface area contributed by atoms with Crippen molar-refractivity contribution in [3.05, 3.63) is 83.1 Å². The Balaban J connectivity index is 2.08. The van der Waals surface area contributed by atoms with E-state index in [1.54, 1.807) is 36.4 Å². The van der Waals surface area contributed by atoms with Gasteiger partial charge in [0.2, 0.25) is 0 Å². The smallest absolute Gasteiger partial charge is 0.264 e. The first-order chi connectivity index (χ1) is 14.4. The Bertz CT molecular complexity index is 1080. The zero-order valence-electron chi connectivity index (χ0n) is 16.5. The second-order valence-electron chi connectivity index (χ2n) is 6.31. The van der Waals surface area contributed by atoms with E-state index in [0.29, 0.717) is 23.8 Å². The zero-order chi connectivity index (χ0) is 21.7. The Morgan fingerprint density at radius 2 is 1.60 bits per heavy atom. The highest BCUT2D eigenvalue weighted by molar-refractivity contribution is 7.92. The summed E-state index contributed by atoms with van der Waals surface area (Å²) >= 11 is 6.17. The molecule has 0 saturated carbocycles. The average molecular weight is 450 g/mol. The first kappa shape index (κ1) is 21.9. The number of nitrogens with zero attached hydrogens (tertiary/aromatic N) is 1. The second kappa shape index (κ2) is 9.36. The highest BCUT2D eigenvalue weighted by Gasteiger charge is 2.27. The van der Waals surface area contributed by atoms with Gasteiger partial charge in [0.05, 0.1) is 30.8 Å². The molecule has 0 spiro atoms. The van der Waals surface area contributed by atoms with Gasteiger partial charge in [-0.3, -0.25) is 4.31 Å². The summed E-state index contributed by atoms with van der Waals surface area (Å²) in [4.78, 5) is 0.0460. The molecule has 8 heteroatoms. The molecule has 0 radical (unpaired) electrons. The van der Waals surface area contributed by atoms with Gasteiger partial charge in [0.25, 0.3) is 10.0 Å². The highest BCUT2D eigenvalue weighted by atomic mass is 35.5. The monoisotopic (exact) mass is 449 g/mol. The summed E-state index contributed by atoms with van der Waals surface area (Å²) in [5, 5.41) is 0.149. The van der Waals surface area contributed by atoms with Crippen LogP contribution >= 0.6 is 11.6 Å². The van der Waals surface area contributed by atoms with Crippen molar-refractivity contribution >= 4 is 27.3 Å². The molecule has 0 N–H and O–H groups in total. The van der Waals surface area contributed by atoms with Gasteiger partial charge in [-0.05, 0) is 67.6 Å². The summed E-state index contributed by atoms with van der Waals surface area (Å²) in [7, 11) is -2.53. The molecule has 3 rings (SSSR count). The highest BCUT2D eigenvalue weighted by Crippen LogP contribution is 2.31. The van der Waals surface area contributed by atoms with E-state index >= 15 is 0 Å². The second-order valence-corrected chi connectivity index (χ2v) is 8.58. The Kier molecular flexibility index (Phi) is 6.84. The average Bonchev–Trinajstić information content (AvgIpc) is 2.74. The molecular formula is C22H21ClFNO4S. The standard InChI is InChI=1S/C22H21ClFNO4S/c1-3-29-18-9-7-16(8-10-18)25(15-20-21(23)5-4-6-22(20)24)30(26,27)19-13-11-17(28-2)12-14-19/h4-14H,3,15H2,1-2H3. The SMILES string of the molecule is CCOc1ccc(N(Cc2c(F)cccc2Cl)S(=O)(=O)c2ccc(OC)cc2)cc1. The van der Waals surface area contributed by atoms with Crippen molar-refractivity contribution in [1.29, 1.82) is 0 Å². The molecule has 3 aromatic rings. The van der Waals surface area contributed by atoms with Crippen molar-refractivity contribution < 1.29 is 22.3 Å². The van der Waals surface area contributed by atoms with Crippen molar-refractivity contribution in [2.45, 2.75) is 18.4 Å². The number of rotatable bonds is 8. The molecule has 0 aromatic heterocycles. The first-order valence-electron chi connectivity index (χ1n) is 9.19. The fraction of sp³-hybridized carbons (Fsp3) is 0.182. The van der Waals surface area contributed by atoms with Crippen LogP contribution in [0, 0.1) is 5.82 Å². The molecule has 0 bridgehead atoms. The third kappa shape index (κ3) is 4.68.